The number of nitrogens with one attached hydrogen (secondary N) is 2. The van der Waals surface area contributed by atoms with E-state index in [4.69, 9.17) is 5.26 Å². The van der Waals surface area contributed by atoms with Crippen LogP contribution in [0.5, 0.6) is 0 Å². The molecule has 0 bridgehead atoms. The van der Waals surface area contributed by atoms with E-state index in [0.717, 1.165) is 0 Å². The van der Waals surface area contributed by atoms with Crippen LogP contribution in [0.1, 0.15) is 29.8 Å². The number of pyridine rings is 2. The maximum absolute atomic E-state index is 14.2. The Morgan fingerprint density at radius 2 is 2.03 bits per heavy atom. The molecule has 1 amide bonds. The van der Waals surface area contributed by atoms with Crippen molar-refractivity contribution >= 4 is 22.8 Å². The summed E-state index contributed by atoms with van der Waals surface area (Å²) in [5.74, 6) is -0.607. The summed E-state index contributed by atoms with van der Waals surface area (Å²) in [5, 5.41) is 28.8. The number of carbonyl (C=O) groups is 1. The molecule has 0 saturated carbocycles. The second-order valence-corrected chi connectivity index (χ2v) is 8.85. The lowest BCUT2D eigenvalue weighted by atomic mass is 10.0. The van der Waals surface area contributed by atoms with Crippen molar-refractivity contribution in [1.82, 2.24) is 24.5 Å². The fourth-order valence-electron chi connectivity index (χ4n) is 3.44. The summed E-state index contributed by atoms with van der Waals surface area (Å²) in [7, 11) is 1.62. The first-order chi connectivity index (χ1) is 17.1. The molecule has 10 nitrogen and oxygen atoms in total. The van der Waals surface area contributed by atoms with E-state index < -0.39 is 24.2 Å². The SMILES string of the molecule is Cn1ccc(Nc2cc(-c3ccc4cc(C#N)cnn34)ncc2C(=O)NC[C@@H](F)C(C)(C)O)cc1=O. The van der Waals surface area contributed by atoms with Gasteiger partial charge in [0.05, 0.1) is 52.1 Å². The molecule has 4 rings (SSSR count). The third-order valence-corrected chi connectivity index (χ3v) is 5.63. The van der Waals surface area contributed by atoms with Crippen molar-refractivity contribution in [2.24, 2.45) is 7.05 Å². The van der Waals surface area contributed by atoms with Crippen LogP contribution in [-0.2, 0) is 7.05 Å². The van der Waals surface area contributed by atoms with E-state index in [1.807, 2.05) is 6.07 Å². The number of nitriles is 1. The van der Waals surface area contributed by atoms with E-state index >= 15 is 0 Å². The lowest BCUT2D eigenvalue weighted by Gasteiger charge is -2.22. The summed E-state index contributed by atoms with van der Waals surface area (Å²) in [5.41, 5.74) is 1.20. The monoisotopic (exact) mass is 489 g/mol. The third kappa shape index (κ3) is 5.08. The molecule has 0 fully saturated rings. The number of aryl methyl sites for hydroxylation is 1. The molecule has 0 aliphatic heterocycles. The van der Waals surface area contributed by atoms with E-state index in [0.29, 0.717) is 33.8 Å². The molecule has 3 N–H and O–H groups in total. The minimum absolute atomic E-state index is 0.114. The molecule has 36 heavy (non-hydrogen) atoms. The average molecular weight is 490 g/mol. The van der Waals surface area contributed by atoms with Crippen molar-refractivity contribution in [3.05, 3.63) is 76.5 Å². The molecule has 11 heteroatoms. The maximum Gasteiger partial charge on any atom is 0.255 e. The highest BCUT2D eigenvalue weighted by Crippen LogP contribution is 2.27. The second kappa shape index (κ2) is 9.59. The van der Waals surface area contributed by atoms with Gasteiger partial charge in [-0.25, -0.2) is 8.91 Å². The molecule has 0 spiro atoms. The van der Waals surface area contributed by atoms with Gasteiger partial charge < -0.3 is 20.3 Å². The first-order valence-electron chi connectivity index (χ1n) is 11.0. The van der Waals surface area contributed by atoms with Gasteiger partial charge in [0.25, 0.3) is 11.5 Å². The molecule has 0 unspecified atom stereocenters. The van der Waals surface area contributed by atoms with E-state index in [1.54, 1.807) is 48.1 Å². The highest BCUT2D eigenvalue weighted by atomic mass is 19.1. The molecule has 4 aromatic heterocycles. The maximum atomic E-state index is 14.2. The standard InChI is InChI=1S/C25H24FN7O3/c1-25(2,36)22(26)14-29-24(35)18-13-28-20(10-19(18)31-16-6-7-32(3)23(34)9-16)21-5-4-17-8-15(11-27)12-30-33(17)21/h4-10,12-13,22,36H,14H2,1-3H3,(H,28,31)(H,29,35)/t22-/m1/s1. The van der Waals surface area contributed by atoms with Crippen LogP contribution in [0.15, 0.2) is 59.8 Å². The van der Waals surface area contributed by atoms with Crippen molar-refractivity contribution in [2.75, 3.05) is 11.9 Å². The molecule has 4 heterocycles. The number of hydrogen-bond donors (Lipinski definition) is 3. The number of alkyl halides is 1. The fourth-order valence-corrected chi connectivity index (χ4v) is 3.44. The van der Waals surface area contributed by atoms with Crippen molar-refractivity contribution in [1.29, 1.82) is 5.26 Å². The molecule has 0 aromatic carbocycles. The predicted molar refractivity (Wildman–Crippen MR) is 132 cm³/mol. The first-order valence-corrected chi connectivity index (χ1v) is 11.0. The number of nitrogens with zero attached hydrogens (tertiary/aromatic N) is 5. The Labute approximate surface area is 205 Å². The van der Waals surface area contributed by atoms with E-state index in [-0.39, 0.29) is 11.1 Å². The van der Waals surface area contributed by atoms with E-state index in [9.17, 15) is 19.1 Å². The van der Waals surface area contributed by atoms with Crippen molar-refractivity contribution in [2.45, 2.75) is 25.6 Å². The van der Waals surface area contributed by atoms with Gasteiger partial charge in [-0.05, 0) is 44.2 Å². The minimum atomic E-state index is -1.68. The Bertz CT molecular complexity index is 1550. The molecule has 0 radical (unpaired) electrons. The van der Waals surface area contributed by atoms with Crippen molar-refractivity contribution < 1.29 is 14.3 Å². The van der Waals surface area contributed by atoms with Gasteiger partial charge in [0.2, 0.25) is 0 Å². The molecule has 0 aliphatic rings. The smallest absolute Gasteiger partial charge is 0.255 e. The number of amides is 1. The van der Waals surface area contributed by atoms with E-state index in [2.05, 4.69) is 20.7 Å². The molecular formula is C25H24FN7O3. The summed E-state index contributed by atoms with van der Waals surface area (Å²) in [4.78, 5) is 29.4. The summed E-state index contributed by atoms with van der Waals surface area (Å²) in [6.07, 6.45) is 2.68. The quantitative estimate of drug-likeness (QED) is 0.363. The van der Waals surface area contributed by atoms with Crippen LogP contribution < -0.4 is 16.2 Å². The Hall–Kier alpha value is -4.56. The van der Waals surface area contributed by atoms with E-state index in [1.165, 1.54) is 36.9 Å². The molecular weight excluding hydrogens is 465 g/mol. The highest BCUT2D eigenvalue weighted by molar-refractivity contribution is 6.00. The first kappa shape index (κ1) is 24.6. The van der Waals surface area contributed by atoms with Gasteiger partial charge in [-0.15, -0.1) is 0 Å². The van der Waals surface area contributed by atoms with Crippen LogP contribution in [0.4, 0.5) is 15.8 Å². The zero-order chi connectivity index (χ0) is 26.0. The molecule has 0 saturated heterocycles. The Morgan fingerprint density at radius 3 is 2.72 bits per heavy atom. The summed E-state index contributed by atoms with van der Waals surface area (Å²) < 4.78 is 17.2. The normalized spacial score (nSPS) is 12.2. The number of hydrogen-bond acceptors (Lipinski definition) is 7. The number of rotatable bonds is 7. The number of aliphatic hydroxyl groups is 1. The van der Waals surface area contributed by atoms with Gasteiger partial charge in [0, 0.05) is 31.2 Å². The van der Waals surface area contributed by atoms with Crippen molar-refractivity contribution in [3.8, 4) is 17.5 Å². The van der Waals surface area contributed by atoms with Gasteiger partial charge in [-0.1, -0.05) is 0 Å². The van der Waals surface area contributed by atoms with Crippen LogP contribution in [-0.4, -0.2) is 48.5 Å². The number of aromatic nitrogens is 4. The Balaban J connectivity index is 1.73. The topological polar surface area (TPSA) is 137 Å². The zero-order valence-electron chi connectivity index (χ0n) is 19.9. The van der Waals surface area contributed by atoms with Crippen LogP contribution in [0.3, 0.4) is 0 Å². The number of anilines is 2. The average Bonchev–Trinajstić information content (AvgIpc) is 3.27. The zero-order valence-corrected chi connectivity index (χ0v) is 19.9. The van der Waals surface area contributed by atoms with Gasteiger partial charge in [-0.3, -0.25) is 14.6 Å². The summed E-state index contributed by atoms with van der Waals surface area (Å²) in [6, 6.07) is 12.0. The van der Waals surface area contributed by atoms with Gasteiger partial charge >= 0.3 is 0 Å². The summed E-state index contributed by atoms with van der Waals surface area (Å²) >= 11 is 0. The van der Waals surface area contributed by atoms with Gasteiger partial charge in [0.15, 0.2) is 0 Å². The number of fused-ring (bicyclic) bond motifs is 1. The molecule has 1 atom stereocenters. The van der Waals surface area contributed by atoms with Crippen molar-refractivity contribution in [3.63, 3.8) is 0 Å². The Kier molecular flexibility index (Phi) is 6.55. The van der Waals surface area contributed by atoms with Crippen LogP contribution in [0.25, 0.3) is 16.9 Å². The molecule has 4 aromatic rings. The minimum Gasteiger partial charge on any atom is -0.387 e. The lowest BCUT2D eigenvalue weighted by Crippen LogP contribution is -2.42. The Morgan fingerprint density at radius 1 is 1.25 bits per heavy atom. The fraction of sp³-hybridized carbons (Fsp3) is 0.240. The largest absolute Gasteiger partial charge is 0.387 e. The predicted octanol–water partition coefficient (Wildman–Crippen LogP) is 2.55. The van der Waals surface area contributed by atoms with Crippen LogP contribution in [0.2, 0.25) is 0 Å². The summed E-state index contributed by atoms with van der Waals surface area (Å²) in [6.45, 7) is 2.24. The third-order valence-electron chi connectivity index (χ3n) is 5.63. The molecule has 184 valence electrons. The number of halogens is 1. The van der Waals surface area contributed by atoms with Gasteiger partial charge in [-0.2, -0.15) is 10.4 Å². The van der Waals surface area contributed by atoms with Gasteiger partial charge in [0.1, 0.15) is 12.2 Å². The number of carbonyl (C=O) groups excluding carboxylic acids is 1. The second-order valence-electron chi connectivity index (χ2n) is 8.85. The molecule has 0 aliphatic carbocycles. The lowest BCUT2D eigenvalue weighted by molar-refractivity contribution is -0.00177. The highest BCUT2D eigenvalue weighted by Gasteiger charge is 2.27. The van der Waals surface area contributed by atoms with Crippen LogP contribution >= 0.6 is 0 Å². The van der Waals surface area contributed by atoms with Crippen LogP contribution in [0, 0.1) is 11.3 Å².